The van der Waals surface area contributed by atoms with E-state index >= 15 is 0 Å². The van der Waals surface area contributed by atoms with Gasteiger partial charge in [-0.15, -0.1) is 0 Å². The van der Waals surface area contributed by atoms with Crippen LogP contribution >= 0.6 is 0 Å². The first kappa shape index (κ1) is 12.5. The lowest BCUT2D eigenvalue weighted by Gasteiger charge is -2.29. The third kappa shape index (κ3) is 5.17. The summed E-state index contributed by atoms with van der Waals surface area (Å²) in [5.41, 5.74) is 0. The predicted molar refractivity (Wildman–Crippen MR) is 58.4 cm³/mol. The average molecular weight is 214 g/mol. The van der Waals surface area contributed by atoms with Crippen molar-refractivity contribution in [1.82, 2.24) is 0 Å². The van der Waals surface area contributed by atoms with E-state index in [4.69, 9.17) is 9.47 Å². The van der Waals surface area contributed by atoms with Crippen LogP contribution in [0.25, 0.3) is 0 Å². The highest BCUT2D eigenvalue weighted by molar-refractivity contribution is 5.66. The molecule has 1 saturated heterocycles. The Labute approximate surface area is 92.1 Å². The van der Waals surface area contributed by atoms with Crippen LogP contribution in [0.15, 0.2) is 0 Å². The molecule has 88 valence electrons. The number of hydrogen-bond acceptors (Lipinski definition) is 3. The molecule has 1 heterocycles. The summed E-state index contributed by atoms with van der Waals surface area (Å²) in [6, 6.07) is 0. The van der Waals surface area contributed by atoms with Crippen LogP contribution in [0, 0.1) is 0 Å². The second kappa shape index (κ2) is 6.83. The molecule has 1 aliphatic heterocycles. The fraction of sp³-hybridized carbons (Fsp3) is 0.917. The van der Waals surface area contributed by atoms with E-state index in [9.17, 15) is 4.79 Å². The van der Waals surface area contributed by atoms with Crippen LogP contribution in [0.2, 0.25) is 0 Å². The van der Waals surface area contributed by atoms with E-state index in [1.165, 1.54) is 26.2 Å². The maximum atomic E-state index is 10.8. The van der Waals surface area contributed by atoms with Crippen LogP contribution in [-0.2, 0) is 14.3 Å². The van der Waals surface area contributed by atoms with Crippen molar-refractivity contribution >= 4 is 5.97 Å². The molecule has 0 aromatic heterocycles. The lowest BCUT2D eigenvalue weighted by Crippen LogP contribution is -2.30. The molecular formula is C12H22O3. The van der Waals surface area contributed by atoms with Gasteiger partial charge < -0.3 is 9.47 Å². The fourth-order valence-electron chi connectivity index (χ4n) is 1.97. The summed E-state index contributed by atoms with van der Waals surface area (Å²) in [6.07, 6.45) is 7.90. The van der Waals surface area contributed by atoms with Gasteiger partial charge in [-0.1, -0.05) is 26.2 Å². The summed E-state index contributed by atoms with van der Waals surface area (Å²) < 4.78 is 10.8. The zero-order valence-corrected chi connectivity index (χ0v) is 9.83. The molecule has 2 atom stereocenters. The lowest BCUT2D eigenvalue weighted by atomic mass is 10.0. The van der Waals surface area contributed by atoms with Crippen molar-refractivity contribution in [1.29, 1.82) is 0 Å². The molecule has 1 aliphatic rings. The van der Waals surface area contributed by atoms with Gasteiger partial charge in [0.05, 0.1) is 6.10 Å². The Morgan fingerprint density at radius 3 is 2.87 bits per heavy atom. The van der Waals surface area contributed by atoms with E-state index in [1.807, 2.05) is 0 Å². The second-order valence-electron chi connectivity index (χ2n) is 4.22. The first-order valence-corrected chi connectivity index (χ1v) is 6.05. The third-order valence-corrected chi connectivity index (χ3v) is 2.74. The summed E-state index contributed by atoms with van der Waals surface area (Å²) >= 11 is 0. The highest BCUT2D eigenvalue weighted by atomic mass is 16.7. The molecule has 1 fully saturated rings. The number of unbranched alkanes of at least 4 members (excludes halogenated alkanes) is 2. The first-order chi connectivity index (χ1) is 7.22. The van der Waals surface area contributed by atoms with Crippen molar-refractivity contribution in [3.05, 3.63) is 0 Å². The number of esters is 1. The molecule has 0 bridgehead atoms. The van der Waals surface area contributed by atoms with Crippen molar-refractivity contribution in [2.45, 2.75) is 71.2 Å². The highest BCUT2D eigenvalue weighted by Gasteiger charge is 2.23. The molecule has 0 aromatic rings. The molecular weight excluding hydrogens is 192 g/mol. The SMILES string of the molecule is CCCCC[C@H]1CCC[C@@H](OC(C)=O)O1. The van der Waals surface area contributed by atoms with Crippen LogP contribution < -0.4 is 0 Å². The van der Waals surface area contributed by atoms with Crippen molar-refractivity contribution < 1.29 is 14.3 Å². The molecule has 3 heteroatoms. The minimum absolute atomic E-state index is 0.241. The number of hydrogen-bond donors (Lipinski definition) is 0. The smallest absolute Gasteiger partial charge is 0.304 e. The number of rotatable bonds is 5. The normalized spacial score (nSPS) is 26.3. The number of carbonyl (C=O) groups excluding carboxylic acids is 1. The van der Waals surface area contributed by atoms with Crippen LogP contribution in [0.1, 0.15) is 58.8 Å². The Kier molecular flexibility index (Phi) is 5.69. The molecule has 0 radical (unpaired) electrons. The number of carbonyl (C=O) groups is 1. The van der Waals surface area contributed by atoms with Crippen LogP contribution in [-0.4, -0.2) is 18.4 Å². The Hall–Kier alpha value is -0.570. The fourth-order valence-corrected chi connectivity index (χ4v) is 1.97. The van der Waals surface area contributed by atoms with Crippen molar-refractivity contribution in [2.75, 3.05) is 0 Å². The quantitative estimate of drug-likeness (QED) is 0.521. The molecule has 0 amide bonds. The molecule has 0 aliphatic carbocycles. The van der Waals surface area contributed by atoms with Crippen molar-refractivity contribution in [3.63, 3.8) is 0 Å². The van der Waals surface area contributed by atoms with Gasteiger partial charge in [-0.05, 0) is 19.3 Å². The summed E-state index contributed by atoms with van der Waals surface area (Å²) in [5.74, 6) is -0.241. The van der Waals surface area contributed by atoms with E-state index in [1.54, 1.807) is 0 Å². The summed E-state index contributed by atoms with van der Waals surface area (Å²) in [7, 11) is 0. The zero-order valence-electron chi connectivity index (χ0n) is 9.83. The van der Waals surface area contributed by atoms with Gasteiger partial charge in [0.2, 0.25) is 6.29 Å². The number of ether oxygens (including phenoxy) is 2. The zero-order chi connectivity index (χ0) is 11.1. The van der Waals surface area contributed by atoms with Gasteiger partial charge >= 0.3 is 5.97 Å². The molecule has 1 rings (SSSR count). The maximum Gasteiger partial charge on any atom is 0.304 e. The Morgan fingerprint density at radius 1 is 1.40 bits per heavy atom. The van der Waals surface area contributed by atoms with Crippen LogP contribution in [0.4, 0.5) is 0 Å². The Bertz CT molecular complexity index is 191. The van der Waals surface area contributed by atoms with Gasteiger partial charge in [-0.25, -0.2) is 0 Å². The summed E-state index contributed by atoms with van der Waals surface area (Å²) in [4.78, 5) is 10.8. The van der Waals surface area contributed by atoms with E-state index in [2.05, 4.69) is 6.92 Å². The minimum atomic E-state index is -0.289. The van der Waals surface area contributed by atoms with Gasteiger partial charge in [0, 0.05) is 13.3 Å². The monoisotopic (exact) mass is 214 g/mol. The van der Waals surface area contributed by atoms with Gasteiger partial charge in [-0.2, -0.15) is 0 Å². The molecule has 0 N–H and O–H groups in total. The highest BCUT2D eigenvalue weighted by Crippen LogP contribution is 2.23. The van der Waals surface area contributed by atoms with Gasteiger partial charge in [0.15, 0.2) is 0 Å². The Morgan fingerprint density at radius 2 is 2.20 bits per heavy atom. The topological polar surface area (TPSA) is 35.5 Å². The third-order valence-electron chi connectivity index (χ3n) is 2.74. The van der Waals surface area contributed by atoms with E-state index in [-0.39, 0.29) is 12.3 Å². The minimum Gasteiger partial charge on any atom is -0.436 e. The van der Waals surface area contributed by atoms with Crippen LogP contribution in [0.3, 0.4) is 0 Å². The van der Waals surface area contributed by atoms with E-state index < -0.39 is 0 Å². The van der Waals surface area contributed by atoms with Gasteiger partial charge in [0.25, 0.3) is 0 Å². The molecule has 3 nitrogen and oxygen atoms in total. The lowest BCUT2D eigenvalue weighted by molar-refractivity contribution is -0.201. The molecule has 0 spiro atoms. The largest absolute Gasteiger partial charge is 0.436 e. The molecule has 0 saturated carbocycles. The van der Waals surface area contributed by atoms with Gasteiger partial charge in [0.1, 0.15) is 0 Å². The molecule has 15 heavy (non-hydrogen) atoms. The molecule has 0 aromatic carbocycles. The average Bonchev–Trinajstić information content (AvgIpc) is 2.18. The van der Waals surface area contributed by atoms with Crippen molar-refractivity contribution in [2.24, 2.45) is 0 Å². The van der Waals surface area contributed by atoms with E-state index in [0.29, 0.717) is 6.10 Å². The Balaban J connectivity index is 2.19. The van der Waals surface area contributed by atoms with Gasteiger partial charge in [-0.3, -0.25) is 4.79 Å². The maximum absolute atomic E-state index is 10.8. The van der Waals surface area contributed by atoms with Crippen LogP contribution in [0.5, 0.6) is 0 Å². The standard InChI is InChI=1S/C12H22O3/c1-3-4-5-7-11-8-6-9-12(15-11)14-10(2)13/h11-12H,3-9H2,1-2H3/t11-,12-/m0/s1. The molecule has 0 unspecified atom stereocenters. The van der Waals surface area contributed by atoms with E-state index in [0.717, 1.165) is 25.7 Å². The second-order valence-corrected chi connectivity index (χ2v) is 4.22. The van der Waals surface area contributed by atoms with Crippen molar-refractivity contribution in [3.8, 4) is 0 Å². The summed E-state index contributed by atoms with van der Waals surface area (Å²) in [6.45, 7) is 3.63. The summed E-state index contributed by atoms with van der Waals surface area (Å²) in [5, 5.41) is 0. The predicted octanol–water partition coefficient (Wildman–Crippen LogP) is 3.03. The first-order valence-electron chi connectivity index (χ1n) is 6.05.